The number of nitrogens with zero attached hydrogens (tertiary/aromatic N) is 1. The number of para-hydroxylation sites is 1. The molecule has 0 aromatic heterocycles. The fraction of sp³-hybridized carbons (Fsp3) is 0.619. The molecule has 6 heteroatoms. The molecular weight excluding hydrogens is 342 g/mol. The summed E-state index contributed by atoms with van der Waals surface area (Å²) in [4.78, 5) is 25.7. The first kappa shape index (κ1) is 21.1. The minimum absolute atomic E-state index is 0.0675. The zero-order chi connectivity index (χ0) is 19.5. The number of carbonyl (C=O) groups excluding carboxylic acids is 2. The largest absolute Gasteiger partial charge is 0.491 e. The number of benzene rings is 1. The summed E-state index contributed by atoms with van der Waals surface area (Å²) in [6.07, 6.45) is 6.86. The fourth-order valence-corrected chi connectivity index (χ4v) is 3.25. The quantitative estimate of drug-likeness (QED) is 0.651. The Kier molecular flexibility index (Phi) is 8.95. The number of ether oxygens (including phenoxy) is 1. The van der Waals surface area contributed by atoms with Gasteiger partial charge in [-0.25, -0.2) is 4.79 Å². The molecule has 1 aromatic rings. The molecule has 2 N–H and O–H groups in total. The van der Waals surface area contributed by atoms with Gasteiger partial charge in [0.15, 0.2) is 0 Å². The van der Waals surface area contributed by atoms with Crippen LogP contribution in [0.15, 0.2) is 24.3 Å². The van der Waals surface area contributed by atoms with Crippen LogP contribution in [0.25, 0.3) is 0 Å². The van der Waals surface area contributed by atoms with Crippen LogP contribution in [0, 0.1) is 6.92 Å². The smallest absolute Gasteiger partial charge is 0.315 e. The Labute approximate surface area is 162 Å². The fourth-order valence-electron chi connectivity index (χ4n) is 3.25. The predicted octanol–water partition coefficient (Wildman–Crippen LogP) is 3.24. The molecule has 0 heterocycles. The Morgan fingerprint density at radius 3 is 2.67 bits per heavy atom. The van der Waals surface area contributed by atoms with Gasteiger partial charge in [-0.1, -0.05) is 37.5 Å². The first-order valence-electron chi connectivity index (χ1n) is 10.0. The Morgan fingerprint density at radius 2 is 1.93 bits per heavy atom. The summed E-state index contributed by atoms with van der Waals surface area (Å²) in [7, 11) is 1.78. The predicted molar refractivity (Wildman–Crippen MR) is 107 cm³/mol. The molecule has 0 radical (unpaired) electrons. The van der Waals surface area contributed by atoms with Gasteiger partial charge in [-0.15, -0.1) is 0 Å². The second-order valence-corrected chi connectivity index (χ2v) is 7.27. The lowest BCUT2D eigenvalue weighted by Gasteiger charge is -2.23. The molecule has 1 aliphatic carbocycles. The third-order valence-electron chi connectivity index (χ3n) is 5.00. The van der Waals surface area contributed by atoms with Crippen molar-refractivity contribution in [1.82, 2.24) is 15.5 Å². The Balaban J connectivity index is 1.54. The van der Waals surface area contributed by atoms with Crippen molar-refractivity contribution in [3.63, 3.8) is 0 Å². The van der Waals surface area contributed by atoms with Crippen LogP contribution in [0.2, 0.25) is 0 Å². The highest BCUT2D eigenvalue weighted by atomic mass is 16.5. The summed E-state index contributed by atoms with van der Waals surface area (Å²) in [5.41, 5.74) is 1.09. The van der Waals surface area contributed by atoms with E-state index in [0.29, 0.717) is 38.6 Å². The van der Waals surface area contributed by atoms with Gasteiger partial charge >= 0.3 is 6.03 Å². The van der Waals surface area contributed by atoms with Gasteiger partial charge in [-0.2, -0.15) is 0 Å². The van der Waals surface area contributed by atoms with E-state index in [-0.39, 0.29) is 11.9 Å². The van der Waals surface area contributed by atoms with Crippen molar-refractivity contribution in [2.24, 2.45) is 0 Å². The number of carbonyl (C=O) groups is 2. The van der Waals surface area contributed by atoms with Gasteiger partial charge in [0, 0.05) is 26.1 Å². The molecule has 0 saturated heterocycles. The highest BCUT2D eigenvalue weighted by Crippen LogP contribution is 2.17. The lowest BCUT2D eigenvalue weighted by atomic mass is 9.96. The summed E-state index contributed by atoms with van der Waals surface area (Å²) in [6, 6.07) is 8.03. The molecule has 3 amide bonds. The van der Waals surface area contributed by atoms with Crippen molar-refractivity contribution in [3.05, 3.63) is 29.8 Å². The summed E-state index contributed by atoms with van der Waals surface area (Å²) >= 11 is 0. The van der Waals surface area contributed by atoms with Crippen molar-refractivity contribution >= 4 is 11.9 Å². The SMILES string of the molecule is Cc1ccccc1OCCN(C)C(=O)CCCNC(=O)NC1CCCCC1. The second-order valence-electron chi connectivity index (χ2n) is 7.27. The van der Waals surface area contributed by atoms with Crippen LogP contribution in [0.5, 0.6) is 5.75 Å². The van der Waals surface area contributed by atoms with Crippen molar-refractivity contribution in [2.45, 2.75) is 57.9 Å². The summed E-state index contributed by atoms with van der Waals surface area (Å²) in [5.74, 6) is 0.921. The molecule has 0 unspecified atom stereocenters. The zero-order valence-corrected chi connectivity index (χ0v) is 16.6. The molecule has 0 spiro atoms. The summed E-state index contributed by atoms with van der Waals surface area (Å²) in [6.45, 7) is 3.53. The maximum absolute atomic E-state index is 12.2. The number of likely N-dealkylation sites (N-methyl/N-ethyl adjacent to an activating group) is 1. The van der Waals surface area contributed by atoms with Crippen LogP contribution in [-0.2, 0) is 4.79 Å². The topological polar surface area (TPSA) is 70.7 Å². The van der Waals surface area contributed by atoms with Crippen LogP contribution in [0.3, 0.4) is 0 Å². The average Bonchev–Trinajstić information content (AvgIpc) is 2.67. The second kappa shape index (κ2) is 11.5. The number of urea groups is 1. The minimum atomic E-state index is -0.116. The van der Waals surface area contributed by atoms with Gasteiger partial charge in [0.1, 0.15) is 12.4 Å². The van der Waals surface area contributed by atoms with Gasteiger partial charge in [0.2, 0.25) is 5.91 Å². The zero-order valence-electron chi connectivity index (χ0n) is 16.6. The number of nitrogens with one attached hydrogen (secondary N) is 2. The summed E-state index contributed by atoms with van der Waals surface area (Å²) in [5, 5.41) is 5.87. The Morgan fingerprint density at radius 1 is 1.19 bits per heavy atom. The molecule has 6 nitrogen and oxygen atoms in total. The number of aryl methyl sites for hydroxylation is 1. The Hall–Kier alpha value is -2.24. The number of hydrogen-bond acceptors (Lipinski definition) is 3. The normalized spacial score (nSPS) is 14.4. The van der Waals surface area contributed by atoms with E-state index in [0.717, 1.165) is 24.2 Å². The number of hydrogen-bond donors (Lipinski definition) is 2. The van der Waals surface area contributed by atoms with Crippen molar-refractivity contribution in [3.8, 4) is 5.75 Å². The lowest BCUT2D eigenvalue weighted by Crippen LogP contribution is -2.43. The van der Waals surface area contributed by atoms with Crippen LogP contribution in [-0.4, -0.2) is 49.6 Å². The molecule has 1 saturated carbocycles. The maximum Gasteiger partial charge on any atom is 0.315 e. The standard InChI is InChI=1S/C21H33N3O3/c1-17-9-6-7-12-19(17)27-16-15-24(2)20(25)13-8-14-22-21(26)23-18-10-4-3-5-11-18/h6-7,9,12,18H,3-5,8,10-11,13-16H2,1-2H3,(H2,22,23,26). The van der Waals surface area contributed by atoms with E-state index in [2.05, 4.69) is 10.6 Å². The van der Waals surface area contributed by atoms with Crippen LogP contribution in [0.1, 0.15) is 50.5 Å². The van der Waals surface area contributed by atoms with E-state index < -0.39 is 0 Å². The molecule has 2 rings (SSSR count). The third kappa shape index (κ3) is 7.89. The van der Waals surface area contributed by atoms with Gasteiger partial charge < -0.3 is 20.3 Å². The molecule has 1 aliphatic rings. The van der Waals surface area contributed by atoms with Crippen molar-refractivity contribution < 1.29 is 14.3 Å². The van der Waals surface area contributed by atoms with Gasteiger partial charge in [-0.05, 0) is 37.8 Å². The maximum atomic E-state index is 12.2. The van der Waals surface area contributed by atoms with E-state index in [9.17, 15) is 9.59 Å². The van der Waals surface area contributed by atoms with Gasteiger partial charge in [-0.3, -0.25) is 4.79 Å². The number of amides is 3. The molecule has 150 valence electrons. The van der Waals surface area contributed by atoms with Gasteiger partial charge in [0.25, 0.3) is 0 Å². The molecular formula is C21H33N3O3. The van der Waals surface area contributed by atoms with Crippen molar-refractivity contribution in [2.75, 3.05) is 26.7 Å². The minimum Gasteiger partial charge on any atom is -0.491 e. The highest BCUT2D eigenvalue weighted by molar-refractivity contribution is 5.76. The number of rotatable bonds is 9. The van der Waals surface area contributed by atoms with Crippen LogP contribution < -0.4 is 15.4 Å². The summed E-state index contributed by atoms with van der Waals surface area (Å²) < 4.78 is 5.73. The average molecular weight is 376 g/mol. The Bertz CT molecular complexity index is 600. The van der Waals surface area contributed by atoms with Crippen LogP contribution >= 0.6 is 0 Å². The van der Waals surface area contributed by atoms with E-state index in [1.54, 1.807) is 11.9 Å². The molecule has 27 heavy (non-hydrogen) atoms. The molecule has 1 aromatic carbocycles. The van der Waals surface area contributed by atoms with E-state index in [1.807, 2.05) is 31.2 Å². The molecule has 0 bridgehead atoms. The third-order valence-corrected chi connectivity index (χ3v) is 5.00. The van der Waals surface area contributed by atoms with Crippen LogP contribution in [0.4, 0.5) is 4.79 Å². The highest BCUT2D eigenvalue weighted by Gasteiger charge is 2.15. The van der Waals surface area contributed by atoms with E-state index >= 15 is 0 Å². The first-order valence-corrected chi connectivity index (χ1v) is 10.0. The van der Waals surface area contributed by atoms with E-state index in [1.165, 1.54) is 19.3 Å². The molecule has 1 fully saturated rings. The molecule has 0 aliphatic heterocycles. The lowest BCUT2D eigenvalue weighted by molar-refractivity contribution is -0.130. The molecule has 0 atom stereocenters. The monoisotopic (exact) mass is 375 g/mol. The first-order chi connectivity index (χ1) is 13.1. The van der Waals surface area contributed by atoms with Crippen molar-refractivity contribution in [1.29, 1.82) is 0 Å². The van der Waals surface area contributed by atoms with Gasteiger partial charge in [0.05, 0.1) is 6.54 Å². The van der Waals surface area contributed by atoms with E-state index in [4.69, 9.17) is 4.74 Å².